The largest absolute Gasteiger partial charge is 0.427 e. The third-order valence-corrected chi connectivity index (χ3v) is 4.31. The Labute approximate surface area is 114 Å². The number of hydrogen-bond donors (Lipinski definition) is 1. The monoisotopic (exact) mass is 293 g/mol. The lowest BCUT2D eigenvalue weighted by Gasteiger charge is -2.32. The SMILES string of the molecule is CNCC1CCCN(Cc2ncc(C(F)(F)F)s2)C1. The molecule has 1 atom stereocenters. The van der Waals surface area contributed by atoms with E-state index >= 15 is 0 Å². The molecule has 1 fully saturated rings. The molecule has 0 aromatic carbocycles. The minimum absolute atomic E-state index is 0.529. The first-order chi connectivity index (χ1) is 8.99. The molecule has 19 heavy (non-hydrogen) atoms. The quantitative estimate of drug-likeness (QED) is 0.925. The van der Waals surface area contributed by atoms with Crippen LogP contribution in [-0.2, 0) is 12.7 Å². The van der Waals surface area contributed by atoms with E-state index in [0.717, 1.165) is 43.6 Å². The summed E-state index contributed by atoms with van der Waals surface area (Å²) in [7, 11) is 1.93. The molecule has 1 aliphatic heterocycles. The predicted molar refractivity (Wildman–Crippen MR) is 69.0 cm³/mol. The van der Waals surface area contributed by atoms with Crippen LogP contribution < -0.4 is 5.32 Å². The second kappa shape index (κ2) is 6.19. The van der Waals surface area contributed by atoms with Crippen LogP contribution in [-0.4, -0.2) is 36.6 Å². The second-order valence-electron chi connectivity index (χ2n) is 4.92. The molecule has 1 unspecified atom stereocenters. The van der Waals surface area contributed by atoms with E-state index in [1.54, 1.807) is 0 Å². The van der Waals surface area contributed by atoms with Gasteiger partial charge >= 0.3 is 6.18 Å². The van der Waals surface area contributed by atoms with Gasteiger partial charge in [-0.05, 0) is 38.9 Å². The molecular formula is C12H18F3N3S. The van der Waals surface area contributed by atoms with Crippen LogP contribution in [0.25, 0.3) is 0 Å². The summed E-state index contributed by atoms with van der Waals surface area (Å²) in [5.41, 5.74) is 0. The Morgan fingerprint density at radius 2 is 2.32 bits per heavy atom. The van der Waals surface area contributed by atoms with Gasteiger partial charge in [0.2, 0.25) is 0 Å². The van der Waals surface area contributed by atoms with Crippen molar-refractivity contribution in [1.82, 2.24) is 15.2 Å². The number of nitrogens with zero attached hydrogens (tertiary/aromatic N) is 2. The molecule has 1 N–H and O–H groups in total. The third kappa shape index (κ3) is 4.15. The molecule has 1 saturated heterocycles. The van der Waals surface area contributed by atoms with Crippen LogP contribution in [0.2, 0.25) is 0 Å². The van der Waals surface area contributed by atoms with E-state index < -0.39 is 11.1 Å². The van der Waals surface area contributed by atoms with Gasteiger partial charge in [-0.15, -0.1) is 11.3 Å². The van der Waals surface area contributed by atoms with Crippen LogP contribution in [0.3, 0.4) is 0 Å². The molecule has 7 heteroatoms. The van der Waals surface area contributed by atoms with Crippen molar-refractivity contribution in [3.05, 3.63) is 16.1 Å². The molecule has 2 rings (SSSR count). The van der Waals surface area contributed by atoms with Crippen LogP contribution in [0.4, 0.5) is 13.2 Å². The first-order valence-corrected chi connectivity index (χ1v) is 7.19. The molecule has 1 aromatic heterocycles. The number of halogens is 3. The molecular weight excluding hydrogens is 275 g/mol. The summed E-state index contributed by atoms with van der Waals surface area (Å²) in [6.07, 6.45) is -1.05. The summed E-state index contributed by atoms with van der Waals surface area (Å²) < 4.78 is 37.5. The van der Waals surface area contributed by atoms with Gasteiger partial charge in [0.25, 0.3) is 0 Å². The van der Waals surface area contributed by atoms with Crippen molar-refractivity contribution in [2.75, 3.05) is 26.7 Å². The van der Waals surface area contributed by atoms with Gasteiger partial charge in [0.05, 0.1) is 12.7 Å². The van der Waals surface area contributed by atoms with Crippen LogP contribution in [0.1, 0.15) is 22.7 Å². The molecule has 0 bridgehead atoms. The van der Waals surface area contributed by atoms with Gasteiger partial charge in [0.15, 0.2) is 0 Å². The van der Waals surface area contributed by atoms with Gasteiger partial charge in [-0.1, -0.05) is 0 Å². The topological polar surface area (TPSA) is 28.2 Å². The lowest BCUT2D eigenvalue weighted by Crippen LogP contribution is -2.38. The van der Waals surface area contributed by atoms with E-state index in [-0.39, 0.29) is 0 Å². The van der Waals surface area contributed by atoms with Crippen molar-refractivity contribution in [3.8, 4) is 0 Å². The number of thiazole rings is 1. The summed E-state index contributed by atoms with van der Waals surface area (Å²) in [4.78, 5) is 5.48. The predicted octanol–water partition coefficient (Wildman–Crippen LogP) is 2.59. The Bertz CT molecular complexity index is 403. The van der Waals surface area contributed by atoms with Crippen molar-refractivity contribution < 1.29 is 13.2 Å². The van der Waals surface area contributed by atoms with Crippen molar-refractivity contribution in [2.45, 2.75) is 25.6 Å². The first-order valence-electron chi connectivity index (χ1n) is 6.38. The number of aromatic nitrogens is 1. The second-order valence-corrected chi connectivity index (χ2v) is 6.03. The van der Waals surface area contributed by atoms with Gasteiger partial charge in [0.1, 0.15) is 9.88 Å². The maximum Gasteiger partial charge on any atom is 0.427 e. The summed E-state index contributed by atoms with van der Waals surface area (Å²) in [6.45, 7) is 3.37. The highest BCUT2D eigenvalue weighted by molar-refractivity contribution is 7.11. The standard InChI is InChI=1S/C12H18F3N3S/c1-16-5-9-3-2-4-18(7-9)8-11-17-6-10(19-11)12(13,14)15/h6,9,16H,2-5,7-8H2,1H3. The molecule has 0 spiro atoms. The maximum absolute atomic E-state index is 12.5. The van der Waals surface area contributed by atoms with Gasteiger partial charge in [-0.3, -0.25) is 4.90 Å². The Balaban J connectivity index is 1.92. The Hall–Kier alpha value is -0.660. The summed E-state index contributed by atoms with van der Waals surface area (Å²) in [6, 6.07) is 0. The van der Waals surface area contributed by atoms with E-state index in [1.807, 2.05) is 7.05 Å². The zero-order valence-corrected chi connectivity index (χ0v) is 11.7. The fraction of sp³-hybridized carbons (Fsp3) is 0.750. The van der Waals surface area contributed by atoms with Gasteiger partial charge in [-0.25, -0.2) is 4.98 Å². The highest BCUT2D eigenvalue weighted by Gasteiger charge is 2.33. The molecule has 1 aromatic rings. The molecule has 2 heterocycles. The molecule has 1 aliphatic rings. The lowest BCUT2D eigenvalue weighted by molar-refractivity contribution is -0.134. The van der Waals surface area contributed by atoms with Crippen molar-refractivity contribution in [1.29, 1.82) is 0 Å². The van der Waals surface area contributed by atoms with Crippen molar-refractivity contribution in [2.24, 2.45) is 5.92 Å². The first kappa shape index (κ1) is 14.7. The van der Waals surface area contributed by atoms with Crippen LogP contribution in [0.5, 0.6) is 0 Å². The fourth-order valence-electron chi connectivity index (χ4n) is 2.46. The van der Waals surface area contributed by atoms with E-state index in [4.69, 9.17) is 0 Å². The zero-order valence-electron chi connectivity index (χ0n) is 10.8. The summed E-state index contributed by atoms with van der Waals surface area (Å²) in [5.74, 6) is 0.584. The Morgan fingerprint density at radius 3 is 2.95 bits per heavy atom. The van der Waals surface area contributed by atoms with Crippen LogP contribution in [0.15, 0.2) is 6.20 Å². The lowest BCUT2D eigenvalue weighted by atomic mass is 9.98. The normalized spacial score (nSPS) is 21.8. The molecule has 0 aliphatic carbocycles. The van der Waals surface area contributed by atoms with E-state index in [9.17, 15) is 13.2 Å². The number of rotatable bonds is 4. The van der Waals surface area contributed by atoms with Crippen LogP contribution >= 0.6 is 11.3 Å². The Morgan fingerprint density at radius 1 is 1.53 bits per heavy atom. The minimum Gasteiger partial charge on any atom is -0.319 e. The van der Waals surface area contributed by atoms with Crippen molar-refractivity contribution in [3.63, 3.8) is 0 Å². The van der Waals surface area contributed by atoms with Crippen LogP contribution in [0, 0.1) is 5.92 Å². The molecule has 0 saturated carbocycles. The summed E-state index contributed by atoms with van der Waals surface area (Å²) >= 11 is 0.755. The van der Waals surface area contributed by atoms with E-state index in [2.05, 4.69) is 15.2 Å². The maximum atomic E-state index is 12.5. The Kier molecular flexibility index (Phi) is 4.81. The number of alkyl halides is 3. The number of likely N-dealkylation sites (tertiary alicyclic amines) is 1. The number of piperidine rings is 1. The highest BCUT2D eigenvalue weighted by atomic mass is 32.1. The van der Waals surface area contributed by atoms with Gasteiger partial charge in [0, 0.05) is 6.54 Å². The minimum atomic E-state index is -4.27. The van der Waals surface area contributed by atoms with Crippen molar-refractivity contribution >= 4 is 11.3 Å². The van der Waals surface area contributed by atoms with Gasteiger partial charge < -0.3 is 5.32 Å². The highest BCUT2D eigenvalue weighted by Crippen LogP contribution is 2.33. The number of nitrogens with one attached hydrogen (secondary N) is 1. The average molecular weight is 293 g/mol. The van der Waals surface area contributed by atoms with E-state index in [0.29, 0.717) is 17.5 Å². The molecule has 0 amide bonds. The third-order valence-electron chi connectivity index (χ3n) is 3.29. The fourth-order valence-corrected chi connectivity index (χ4v) is 3.28. The molecule has 3 nitrogen and oxygen atoms in total. The molecule has 0 radical (unpaired) electrons. The average Bonchev–Trinajstić information content (AvgIpc) is 2.78. The smallest absolute Gasteiger partial charge is 0.319 e. The summed E-state index contributed by atoms with van der Waals surface area (Å²) in [5, 5.41) is 3.71. The number of hydrogen-bond acceptors (Lipinski definition) is 4. The zero-order chi connectivity index (χ0) is 13.9. The molecule has 108 valence electrons. The van der Waals surface area contributed by atoms with E-state index in [1.165, 1.54) is 6.42 Å². The van der Waals surface area contributed by atoms with Gasteiger partial charge in [-0.2, -0.15) is 13.2 Å².